The second kappa shape index (κ2) is 6.69. The minimum atomic E-state index is -0.511. The Labute approximate surface area is 161 Å². The van der Waals surface area contributed by atoms with Crippen LogP contribution in [0.2, 0.25) is 0 Å². The molecule has 1 fully saturated rings. The Hall–Kier alpha value is -3.32. The summed E-state index contributed by atoms with van der Waals surface area (Å²) >= 11 is 0. The fraction of sp³-hybridized carbons (Fsp3) is 0.238. The first kappa shape index (κ1) is 16.8. The summed E-state index contributed by atoms with van der Waals surface area (Å²) in [6.07, 6.45) is 2.92. The second-order valence-electron chi connectivity index (χ2n) is 6.93. The van der Waals surface area contributed by atoms with Gasteiger partial charge in [0.1, 0.15) is 0 Å². The Morgan fingerprint density at radius 1 is 1.11 bits per heavy atom. The van der Waals surface area contributed by atoms with Crippen molar-refractivity contribution in [1.82, 2.24) is 10.3 Å². The molecule has 2 aromatic carbocycles. The first-order chi connectivity index (χ1) is 13.7. The van der Waals surface area contributed by atoms with Crippen LogP contribution >= 0.6 is 0 Å². The summed E-state index contributed by atoms with van der Waals surface area (Å²) in [4.78, 5) is 29.7. The molecule has 0 saturated carbocycles. The lowest BCUT2D eigenvalue weighted by molar-refractivity contribution is -0.121. The highest BCUT2D eigenvalue weighted by Gasteiger charge is 2.39. The number of carbonyl (C=O) groups is 2. The molecule has 5 rings (SSSR count). The lowest BCUT2D eigenvalue weighted by atomic mass is 10.1. The lowest BCUT2D eigenvalue weighted by Crippen LogP contribution is -2.39. The van der Waals surface area contributed by atoms with Gasteiger partial charge in [-0.3, -0.25) is 9.59 Å². The monoisotopic (exact) mass is 377 g/mol. The molecule has 2 amide bonds. The Kier molecular flexibility index (Phi) is 4.02. The maximum Gasteiger partial charge on any atom is 0.251 e. The molecule has 2 N–H and O–H groups in total. The SMILES string of the molecule is O=C1CC(NCCc2c[nH]c3ccccc23)C(=O)N1c1ccc2c(c1)OCO2. The average Bonchev–Trinajstić information content (AvgIpc) is 3.40. The van der Waals surface area contributed by atoms with Gasteiger partial charge in [-0.2, -0.15) is 0 Å². The maximum atomic E-state index is 12.8. The number of ether oxygens (including phenoxy) is 2. The zero-order valence-corrected chi connectivity index (χ0v) is 15.1. The lowest BCUT2D eigenvalue weighted by Gasteiger charge is -2.16. The molecule has 7 heteroatoms. The van der Waals surface area contributed by atoms with Crippen LogP contribution in [-0.2, 0) is 16.0 Å². The van der Waals surface area contributed by atoms with Gasteiger partial charge in [-0.05, 0) is 30.2 Å². The predicted octanol–water partition coefficient (Wildman–Crippen LogP) is 2.36. The zero-order chi connectivity index (χ0) is 19.1. The number of fused-ring (bicyclic) bond motifs is 2. The summed E-state index contributed by atoms with van der Waals surface area (Å²) in [5.41, 5.74) is 2.80. The largest absolute Gasteiger partial charge is 0.454 e. The molecule has 28 heavy (non-hydrogen) atoms. The molecule has 3 aromatic rings. The van der Waals surface area contributed by atoms with Crippen molar-refractivity contribution in [2.45, 2.75) is 18.9 Å². The van der Waals surface area contributed by atoms with Gasteiger partial charge in [-0.1, -0.05) is 18.2 Å². The first-order valence-electron chi connectivity index (χ1n) is 9.25. The molecule has 2 aliphatic heterocycles. The predicted molar refractivity (Wildman–Crippen MR) is 103 cm³/mol. The van der Waals surface area contributed by atoms with Crippen molar-refractivity contribution < 1.29 is 19.1 Å². The molecule has 1 aromatic heterocycles. The van der Waals surface area contributed by atoms with E-state index in [2.05, 4.69) is 16.4 Å². The molecule has 7 nitrogen and oxygen atoms in total. The number of nitrogens with zero attached hydrogens (tertiary/aromatic N) is 1. The number of aromatic amines is 1. The van der Waals surface area contributed by atoms with Crippen molar-refractivity contribution in [2.24, 2.45) is 0 Å². The van der Waals surface area contributed by atoms with Crippen molar-refractivity contribution in [3.05, 3.63) is 54.2 Å². The topological polar surface area (TPSA) is 83.7 Å². The van der Waals surface area contributed by atoms with E-state index in [1.165, 1.54) is 15.8 Å². The Morgan fingerprint density at radius 2 is 1.96 bits per heavy atom. The van der Waals surface area contributed by atoms with Crippen molar-refractivity contribution in [2.75, 3.05) is 18.2 Å². The van der Waals surface area contributed by atoms with Crippen LogP contribution in [0.25, 0.3) is 10.9 Å². The van der Waals surface area contributed by atoms with Crippen molar-refractivity contribution >= 4 is 28.4 Å². The number of H-pyrrole nitrogens is 1. The van der Waals surface area contributed by atoms with Gasteiger partial charge >= 0.3 is 0 Å². The molecular formula is C21H19N3O4. The standard InChI is InChI=1S/C21H19N3O4/c25-20-10-17(22-8-7-13-11-23-16-4-2-1-3-15(13)16)21(26)24(20)14-5-6-18-19(9-14)28-12-27-18/h1-6,9,11,17,22-23H,7-8,10,12H2. The van der Waals surface area contributed by atoms with Crippen molar-refractivity contribution in [3.8, 4) is 11.5 Å². The fourth-order valence-corrected chi connectivity index (χ4v) is 3.81. The highest BCUT2D eigenvalue weighted by atomic mass is 16.7. The van der Waals surface area contributed by atoms with Crippen LogP contribution in [0.5, 0.6) is 11.5 Å². The number of hydrogen-bond donors (Lipinski definition) is 2. The number of imide groups is 1. The van der Waals surface area contributed by atoms with Gasteiger partial charge in [0, 0.05) is 29.7 Å². The van der Waals surface area contributed by atoms with Crippen LogP contribution in [0.4, 0.5) is 5.69 Å². The van der Waals surface area contributed by atoms with E-state index in [0.29, 0.717) is 23.7 Å². The van der Waals surface area contributed by atoms with Crippen LogP contribution in [0.15, 0.2) is 48.7 Å². The third-order valence-electron chi connectivity index (χ3n) is 5.22. The van der Waals surface area contributed by atoms with Gasteiger partial charge in [0.05, 0.1) is 18.2 Å². The van der Waals surface area contributed by atoms with E-state index in [-0.39, 0.29) is 25.0 Å². The Morgan fingerprint density at radius 3 is 2.89 bits per heavy atom. The number of rotatable bonds is 5. The average molecular weight is 377 g/mol. The Bertz CT molecular complexity index is 1070. The minimum Gasteiger partial charge on any atom is -0.454 e. The van der Waals surface area contributed by atoms with Gasteiger partial charge in [-0.15, -0.1) is 0 Å². The number of hydrogen-bond acceptors (Lipinski definition) is 5. The van der Waals surface area contributed by atoms with Gasteiger partial charge in [0.2, 0.25) is 12.7 Å². The van der Waals surface area contributed by atoms with E-state index in [4.69, 9.17) is 9.47 Å². The molecule has 1 unspecified atom stereocenters. The van der Waals surface area contributed by atoms with Crippen LogP contribution in [0.1, 0.15) is 12.0 Å². The maximum absolute atomic E-state index is 12.8. The van der Waals surface area contributed by atoms with Gasteiger partial charge in [0.25, 0.3) is 5.91 Å². The molecule has 142 valence electrons. The summed E-state index contributed by atoms with van der Waals surface area (Å²) in [6, 6.07) is 12.7. The smallest absolute Gasteiger partial charge is 0.251 e. The fourth-order valence-electron chi connectivity index (χ4n) is 3.81. The first-order valence-corrected chi connectivity index (χ1v) is 9.25. The number of anilines is 1. The van der Waals surface area contributed by atoms with Crippen LogP contribution < -0.4 is 19.7 Å². The van der Waals surface area contributed by atoms with Gasteiger partial charge in [0.15, 0.2) is 11.5 Å². The molecule has 1 saturated heterocycles. The van der Waals surface area contributed by atoms with E-state index >= 15 is 0 Å². The Balaban J connectivity index is 1.26. The summed E-state index contributed by atoms with van der Waals surface area (Å²) in [6.45, 7) is 0.763. The summed E-state index contributed by atoms with van der Waals surface area (Å²) < 4.78 is 10.6. The second-order valence-corrected chi connectivity index (χ2v) is 6.93. The quantitative estimate of drug-likeness (QED) is 0.667. The molecule has 1 atom stereocenters. The van der Waals surface area contributed by atoms with E-state index in [1.807, 2.05) is 24.4 Å². The van der Waals surface area contributed by atoms with Crippen LogP contribution in [0, 0.1) is 0 Å². The number of para-hydroxylation sites is 1. The highest BCUT2D eigenvalue weighted by Crippen LogP contribution is 2.36. The van der Waals surface area contributed by atoms with E-state index < -0.39 is 6.04 Å². The van der Waals surface area contributed by atoms with E-state index in [9.17, 15) is 9.59 Å². The number of nitrogens with one attached hydrogen (secondary N) is 2. The van der Waals surface area contributed by atoms with Gasteiger partial charge in [-0.25, -0.2) is 4.90 Å². The third kappa shape index (κ3) is 2.80. The zero-order valence-electron chi connectivity index (χ0n) is 15.1. The summed E-state index contributed by atoms with van der Waals surface area (Å²) in [5.74, 6) is 0.723. The molecular weight excluding hydrogens is 358 g/mol. The molecule has 0 aliphatic carbocycles. The number of carbonyl (C=O) groups excluding carboxylic acids is 2. The van der Waals surface area contributed by atoms with Gasteiger partial charge < -0.3 is 19.8 Å². The molecule has 2 aliphatic rings. The summed E-state index contributed by atoms with van der Waals surface area (Å²) in [7, 11) is 0. The normalized spacial score (nSPS) is 18.4. The molecule has 0 spiro atoms. The molecule has 0 radical (unpaired) electrons. The molecule has 3 heterocycles. The molecule has 0 bridgehead atoms. The number of aromatic nitrogens is 1. The highest BCUT2D eigenvalue weighted by molar-refractivity contribution is 6.22. The minimum absolute atomic E-state index is 0.151. The van der Waals surface area contributed by atoms with Crippen LogP contribution in [-0.4, -0.2) is 36.2 Å². The van der Waals surface area contributed by atoms with E-state index in [1.54, 1.807) is 18.2 Å². The van der Waals surface area contributed by atoms with Crippen molar-refractivity contribution in [1.29, 1.82) is 0 Å². The van der Waals surface area contributed by atoms with Crippen LogP contribution in [0.3, 0.4) is 0 Å². The van der Waals surface area contributed by atoms with Crippen molar-refractivity contribution in [3.63, 3.8) is 0 Å². The third-order valence-corrected chi connectivity index (χ3v) is 5.22. The van der Waals surface area contributed by atoms with E-state index in [0.717, 1.165) is 11.9 Å². The number of benzene rings is 2. The summed E-state index contributed by atoms with van der Waals surface area (Å²) in [5, 5.41) is 4.42. The number of amides is 2.